The van der Waals surface area contributed by atoms with E-state index in [4.69, 9.17) is 0 Å². The van der Waals surface area contributed by atoms with Crippen molar-refractivity contribution >= 4 is 45.5 Å². The van der Waals surface area contributed by atoms with Gasteiger partial charge in [0.15, 0.2) is 17.3 Å². The molecule has 0 fully saturated rings. The second-order valence-corrected chi connectivity index (χ2v) is 6.12. The third-order valence-electron chi connectivity index (χ3n) is 3.48. The summed E-state index contributed by atoms with van der Waals surface area (Å²) >= 11 is 1.28. The first-order valence-corrected chi connectivity index (χ1v) is 8.43. The Bertz CT molecular complexity index is 1040. The number of anilines is 1. The summed E-state index contributed by atoms with van der Waals surface area (Å²) in [6.07, 6.45) is -0.235. The van der Waals surface area contributed by atoms with Crippen molar-refractivity contribution in [1.29, 1.82) is 0 Å². The number of hydrogen-bond acceptors (Lipinski definition) is 8. The van der Waals surface area contributed by atoms with E-state index >= 15 is 0 Å². The lowest BCUT2D eigenvalue weighted by molar-refractivity contribution is -0.132. The average molecular weight is 370 g/mol. The van der Waals surface area contributed by atoms with E-state index in [0.717, 1.165) is 0 Å². The smallest absolute Gasteiger partial charge is 0.354 e. The zero-order chi connectivity index (χ0) is 18.5. The Morgan fingerprint density at radius 1 is 1.27 bits per heavy atom. The fourth-order valence-electron chi connectivity index (χ4n) is 2.26. The molecule has 2 N–H and O–H groups in total. The molecule has 0 saturated heterocycles. The molecule has 0 amide bonds. The van der Waals surface area contributed by atoms with Crippen molar-refractivity contribution in [2.75, 3.05) is 12.5 Å². The second-order valence-electron chi connectivity index (χ2n) is 5.18. The number of hydrogen-bond donors (Lipinski definition) is 2. The van der Waals surface area contributed by atoms with Gasteiger partial charge < -0.3 is 9.72 Å². The van der Waals surface area contributed by atoms with Crippen LogP contribution in [-0.2, 0) is 9.53 Å². The number of ether oxygens (including phenoxy) is 1. The van der Waals surface area contributed by atoms with Gasteiger partial charge in [0.2, 0.25) is 0 Å². The van der Waals surface area contributed by atoms with Crippen molar-refractivity contribution < 1.29 is 14.3 Å². The van der Waals surface area contributed by atoms with Crippen LogP contribution in [-0.4, -0.2) is 34.5 Å². The molecule has 0 aliphatic heterocycles. The van der Waals surface area contributed by atoms with Crippen LogP contribution < -0.4 is 11.1 Å². The Kier molecular flexibility index (Phi) is 5.18. The SMILES string of the molecule is COC(=O)/C(CC(=O)c1cccs1)=N\Nc1nc(=O)[nH]c2ccccc12. The van der Waals surface area contributed by atoms with Gasteiger partial charge in [-0.2, -0.15) is 10.1 Å². The van der Waals surface area contributed by atoms with Crippen LogP contribution in [0.1, 0.15) is 16.1 Å². The van der Waals surface area contributed by atoms with Crippen LogP contribution >= 0.6 is 11.3 Å². The van der Waals surface area contributed by atoms with E-state index < -0.39 is 11.7 Å². The number of carbonyl (C=O) groups is 2. The number of Topliss-reactive ketones (excluding diaryl/α,β-unsaturated/α-hetero) is 1. The molecule has 2 heterocycles. The highest BCUT2D eigenvalue weighted by Gasteiger charge is 2.19. The molecule has 0 aliphatic rings. The molecule has 132 valence electrons. The molecular weight excluding hydrogens is 356 g/mol. The van der Waals surface area contributed by atoms with Crippen LogP contribution in [0.5, 0.6) is 0 Å². The fraction of sp³-hybridized carbons (Fsp3) is 0.118. The van der Waals surface area contributed by atoms with Crippen LogP contribution in [0.3, 0.4) is 0 Å². The molecule has 26 heavy (non-hydrogen) atoms. The van der Waals surface area contributed by atoms with E-state index in [1.54, 1.807) is 41.8 Å². The molecule has 0 unspecified atom stereocenters. The molecule has 2 aromatic heterocycles. The molecule has 0 spiro atoms. The van der Waals surface area contributed by atoms with E-state index in [1.807, 2.05) is 0 Å². The summed E-state index contributed by atoms with van der Waals surface area (Å²) in [5.41, 5.74) is 2.50. The molecule has 3 rings (SSSR count). The predicted molar refractivity (Wildman–Crippen MR) is 98.7 cm³/mol. The average Bonchev–Trinajstić information content (AvgIpc) is 3.18. The maximum absolute atomic E-state index is 12.2. The van der Waals surface area contributed by atoms with Crippen molar-refractivity contribution in [3.8, 4) is 0 Å². The van der Waals surface area contributed by atoms with E-state index in [9.17, 15) is 14.4 Å². The molecule has 0 atom stereocenters. The first-order chi connectivity index (χ1) is 12.6. The number of thiophene rings is 1. The number of methoxy groups -OCH3 is 1. The van der Waals surface area contributed by atoms with Crippen molar-refractivity contribution in [3.63, 3.8) is 0 Å². The zero-order valence-electron chi connectivity index (χ0n) is 13.7. The second kappa shape index (κ2) is 7.70. The highest BCUT2D eigenvalue weighted by Crippen LogP contribution is 2.17. The van der Waals surface area contributed by atoms with Crippen molar-refractivity contribution in [2.45, 2.75) is 6.42 Å². The summed E-state index contributed by atoms with van der Waals surface area (Å²) < 4.78 is 4.68. The van der Waals surface area contributed by atoms with Gasteiger partial charge in [0.25, 0.3) is 0 Å². The number of hydrazone groups is 1. The Morgan fingerprint density at radius 2 is 2.08 bits per heavy atom. The number of benzene rings is 1. The number of nitrogens with one attached hydrogen (secondary N) is 2. The third-order valence-corrected chi connectivity index (χ3v) is 4.39. The van der Waals surface area contributed by atoms with E-state index in [2.05, 4.69) is 25.2 Å². The van der Waals surface area contributed by atoms with Crippen molar-refractivity contribution in [3.05, 3.63) is 57.1 Å². The molecule has 0 saturated carbocycles. The standard InChI is InChI=1S/C17H14N4O4S/c1-25-16(23)12(9-13(22)14-7-4-8-26-14)20-21-15-10-5-2-3-6-11(10)18-17(24)19-15/h2-8H,9H2,1H3,(H2,18,19,21,24)/b20-12-. The lowest BCUT2D eigenvalue weighted by Crippen LogP contribution is -2.21. The van der Waals surface area contributed by atoms with Crippen molar-refractivity contribution in [1.82, 2.24) is 9.97 Å². The number of aromatic amines is 1. The van der Waals surface area contributed by atoms with E-state index in [-0.39, 0.29) is 23.7 Å². The molecule has 0 aliphatic carbocycles. The summed E-state index contributed by atoms with van der Waals surface area (Å²) in [4.78, 5) is 42.8. The molecular formula is C17H14N4O4S. The zero-order valence-corrected chi connectivity index (χ0v) is 14.5. The number of rotatable bonds is 6. The quantitative estimate of drug-likeness (QED) is 0.298. The van der Waals surface area contributed by atoms with Crippen molar-refractivity contribution in [2.24, 2.45) is 5.10 Å². The summed E-state index contributed by atoms with van der Waals surface area (Å²) in [5.74, 6) is -0.819. The minimum atomic E-state index is -0.739. The molecule has 9 heteroatoms. The van der Waals surface area contributed by atoms with Crippen LogP contribution in [0.15, 0.2) is 51.7 Å². The molecule has 0 bridgehead atoms. The van der Waals surface area contributed by atoms with Gasteiger partial charge in [-0.25, -0.2) is 9.59 Å². The summed E-state index contributed by atoms with van der Waals surface area (Å²) in [6, 6.07) is 10.4. The number of aromatic nitrogens is 2. The largest absolute Gasteiger partial charge is 0.464 e. The predicted octanol–water partition coefficient (Wildman–Crippen LogP) is 2.20. The van der Waals surface area contributed by atoms with Gasteiger partial charge in [-0.05, 0) is 23.6 Å². The lowest BCUT2D eigenvalue weighted by Gasteiger charge is -2.07. The van der Waals surface area contributed by atoms with Gasteiger partial charge in [-0.3, -0.25) is 10.2 Å². The van der Waals surface area contributed by atoms with Gasteiger partial charge in [-0.1, -0.05) is 18.2 Å². The van der Waals surface area contributed by atoms with Gasteiger partial charge >= 0.3 is 11.7 Å². The number of nitrogens with zero attached hydrogens (tertiary/aromatic N) is 2. The number of esters is 1. The molecule has 3 aromatic rings. The first-order valence-electron chi connectivity index (χ1n) is 7.55. The summed E-state index contributed by atoms with van der Waals surface area (Å²) in [6.45, 7) is 0. The van der Waals surface area contributed by atoms with Gasteiger partial charge in [0.05, 0.1) is 23.9 Å². The first kappa shape index (κ1) is 17.5. The minimum absolute atomic E-state index is 0.114. The number of para-hydroxylation sites is 1. The highest BCUT2D eigenvalue weighted by atomic mass is 32.1. The Hall–Kier alpha value is -3.33. The maximum Gasteiger partial charge on any atom is 0.354 e. The highest BCUT2D eigenvalue weighted by molar-refractivity contribution is 7.12. The summed E-state index contributed by atoms with van der Waals surface area (Å²) in [7, 11) is 1.20. The fourth-order valence-corrected chi connectivity index (χ4v) is 2.93. The number of ketones is 1. The summed E-state index contributed by atoms with van der Waals surface area (Å²) in [5, 5.41) is 6.35. The maximum atomic E-state index is 12.2. The third kappa shape index (κ3) is 3.83. The molecule has 1 aromatic carbocycles. The normalized spacial score (nSPS) is 11.3. The van der Waals surface area contributed by atoms with Crippen LogP contribution in [0, 0.1) is 0 Å². The van der Waals surface area contributed by atoms with E-state index in [1.165, 1.54) is 18.4 Å². The van der Waals surface area contributed by atoms with Gasteiger partial charge in [0, 0.05) is 5.39 Å². The number of H-pyrrole nitrogens is 1. The lowest BCUT2D eigenvalue weighted by atomic mass is 10.1. The number of carbonyl (C=O) groups excluding carboxylic acids is 2. The minimum Gasteiger partial charge on any atom is -0.464 e. The molecule has 0 radical (unpaired) electrons. The Labute approximate surface area is 151 Å². The molecule has 8 nitrogen and oxygen atoms in total. The van der Waals surface area contributed by atoms with Crippen LogP contribution in [0.25, 0.3) is 10.9 Å². The van der Waals surface area contributed by atoms with Gasteiger partial charge in [0.1, 0.15) is 0 Å². The van der Waals surface area contributed by atoms with Gasteiger partial charge in [-0.15, -0.1) is 11.3 Å². The monoisotopic (exact) mass is 370 g/mol. The Morgan fingerprint density at radius 3 is 2.81 bits per heavy atom. The topological polar surface area (TPSA) is 114 Å². The van der Waals surface area contributed by atoms with Crippen LogP contribution in [0.2, 0.25) is 0 Å². The van der Waals surface area contributed by atoms with E-state index in [0.29, 0.717) is 15.8 Å². The van der Waals surface area contributed by atoms with Crippen LogP contribution in [0.4, 0.5) is 5.82 Å². The Balaban J connectivity index is 1.91. The number of fused-ring (bicyclic) bond motifs is 1.